The number of hydrogen-bond donors (Lipinski definition) is 1. The van der Waals surface area contributed by atoms with Crippen LogP contribution in [0.4, 0.5) is 5.69 Å². The first kappa shape index (κ1) is 18.4. The van der Waals surface area contributed by atoms with E-state index in [1.54, 1.807) is 17.0 Å². The van der Waals surface area contributed by atoms with Gasteiger partial charge in [-0.3, -0.25) is 4.79 Å². The molecule has 1 fully saturated rings. The molecule has 0 bridgehead atoms. The van der Waals surface area contributed by atoms with Gasteiger partial charge >= 0.3 is 0 Å². The zero-order valence-corrected chi connectivity index (χ0v) is 15.5. The molecule has 1 N–H and O–H groups in total. The number of carbonyl (C=O) groups excluding carboxylic acids is 1. The van der Waals surface area contributed by atoms with Crippen LogP contribution in [0.15, 0.2) is 53.4 Å². The summed E-state index contributed by atoms with van der Waals surface area (Å²) in [7, 11) is -2.33. The van der Waals surface area contributed by atoms with Crippen molar-refractivity contribution in [3.8, 4) is 5.75 Å². The number of sulfonamides is 1. The Morgan fingerprint density at radius 3 is 2.58 bits per heavy atom. The van der Waals surface area contributed by atoms with E-state index in [0.717, 1.165) is 12.0 Å². The predicted octanol–water partition coefficient (Wildman–Crippen LogP) is 2.34. The normalized spacial score (nSPS) is 14.7. The lowest BCUT2D eigenvalue weighted by Gasteiger charge is -2.18. The molecule has 26 heavy (non-hydrogen) atoms. The third kappa shape index (κ3) is 4.05. The number of nitrogens with zero attached hydrogens (tertiary/aromatic N) is 1. The van der Waals surface area contributed by atoms with Crippen molar-refractivity contribution in [2.75, 3.05) is 25.1 Å². The van der Waals surface area contributed by atoms with Crippen molar-refractivity contribution in [3.05, 3.63) is 54.1 Å². The first-order valence-corrected chi connectivity index (χ1v) is 10.0. The second kappa shape index (κ2) is 7.88. The SMILES string of the molecule is COc1ccc(N2CCCC2=O)cc1S(=O)(=O)NCCc1ccccc1. The Morgan fingerprint density at radius 2 is 1.92 bits per heavy atom. The predicted molar refractivity (Wildman–Crippen MR) is 99.9 cm³/mol. The molecule has 138 valence electrons. The summed E-state index contributed by atoms with van der Waals surface area (Å²) in [5.74, 6) is 0.267. The largest absolute Gasteiger partial charge is 0.495 e. The number of anilines is 1. The van der Waals surface area contributed by atoms with Gasteiger partial charge in [-0.1, -0.05) is 30.3 Å². The average Bonchev–Trinajstić information content (AvgIpc) is 3.08. The lowest BCUT2D eigenvalue weighted by atomic mass is 10.2. The van der Waals surface area contributed by atoms with Crippen LogP contribution >= 0.6 is 0 Å². The number of carbonyl (C=O) groups is 1. The summed E-state index contributed by atoms with van der Waals surface area (Å²) in [5, 5.41) is 0. The smallest absolute Gasteiger partial charge is 0.244 e. The van der Waals surface area contributed by atoms with Crippen LogP contribution < -0.4 is 14.4 Å². The average molecular weight is 374 g/mol. The van der Waals surface area contributed by atoms with Gasteiger partial charge in [-0.2, -0.15) is 0 Å². The molecule has 1 saturated heterocycles. The second-order valence-electron chi connectivity index (χ2n) is 6.12. The van der Waals surface area contributed by atoms with Crippen molar-refractivity contribution in [1.82, 2.24) is 4.72 Å². The van der Waals surface area contributed by atoms with Gasteiger partial charge in [0, 0.05) is 25.2 Å². The Hall–Kier alpha value is -2.38. The molecule has 1 heterocycles. The van der Waals surface area contributed by atoms with E-state index in [0.29, 0.717) is 25.1 Å². The molecular weight excluding hydrogens is 352 g/mol. The quantitative estimate of drug-likeness (QED) is 0.807. The Bertz CT molecular complexity index is 882. The first-order chi connectivity index (χ1) is 12.5. The molecule has 3 rings (SSSR count). The molecule has 1 aliphatic rings. The van der Waals surface area contributed by atoms with Crippen LogP contribution in [0.3, 0.4) is 0 Å². The highest BCUT2D eigenvalue weighted by Gasteiger charge is 2.25. The number of amides is 1. The Balaban J connectivity index is 1.79. The van der Waals surface area contributed by atoms with Crippen molar-refractivity contribution < 1.29 is 17.9 Å². The van der Waals surface area contributed by atoms with Crippen LogP contribution in [-0.2, 0) is 21.2 Å². The molecule has 0 aromatic heterocycles. The van der Waals surface area contributed by atoms with Crippen molar-refractivity contribution in [2.45, 2.75) is 24.2 Å². The Labute approximate surface area is 153 Å². The third-order valence-electron chi connectivity index (χ3n) is 4.37. The van der Waals surface area contributed by atoms with Crippen molar-refractivity contribution >= 4 is 21.6 Å². The maximum Gasteiger partial charge on any atom is 0.244 e. The molecule has 0 aliphatic carbocycles. The van der Waals surface area contributed by atoms with Crippen LogP contribution in [0.5, 0.6) is 5.75 Å². The fourth-order valence-electron chi connectivity index (χ4n) is 3.02. The van der Waals surface area contributed by atoms with E-state index in [1.807, 2.05) is 30.3 Å². The van der Waals surface area contributed by atoms with E-state index in [1.165, 1.54) is 13.2 Å². The van der Waals surface area contributed by atoms with E-state index in [9.17, 15) is 13.2 Å². The Kier molecular flexibility index (Phi) is 5.58. The maximum absolute atomic E-state index is 12.8. The number of benzene rings is 2. The van der Waals surface area contributed by atoms with Gasteiger partial charge < -0.3 is 9.64 Å². The molecule has 6 nitrogen and oxygen atoms in total. The molecule has 2 aromatic carbocycles. The summed E-state index contributed by atoms with van der Waals surface area (Å²) in [5.41, 5.74) is 1.63. The molecule has 0 spiro atoms. The second-order valence-corrected chi connectivity index (χ2v) is 7.85. The highest BCUT2D eigenvalue weighted by Crippen LogP contribution is 2.30. The molecule has 0 saturated carbocycles. The Morgan fingerprint density at radius 1 is 1.15 bits per heavy atom. The van der Waals surface area contributed by atoms with E-state index >= 15 is 0 Å². The van der Waals surface area contributed by atoms with Crippen LogP contribution in [0.2, 0.25) is 0 Å². The number of methoxy groups -OCH3 is 1. The molecule has 1 amide bonds. The van der Waals surface area contributed by atoms with Crippen LogP contribution in [0.1, 0.15) is 18.4 Å². The van der Waals surface area contributed by atoms with Gasteiger partial charge in [0.05, 0.1) is 7.11 Å². The summed E-state index contributed by atoms with van der Waals surface area (Å²) >= 11 is 0. The number of hydrogen-bond acceptors (Lipinski definition) is 4. The lowest BCUT2D eigenvalue weighted by molar-refractivity contribution is -0.117. The standard InChI is InChI=1S/C19H22N2O4S/c1-25-17-10-9-16(21-13-5-8-19(21)22)14-18(17)26(23,24)20-12-11-15-6-3-2-4-7-15/h2-4,6-7,9-10,14,20H,5,8,11-13H2,1H3. The highest BCUT2D eigenvalue weighted by atomic mass is 32.2. The number of ether oxygens (including phenoxy) is 1. The van der Waals surface area contributed by atoms with Crippen molar-refractivity contribution in [1.29, 1.82) is 0 Å². The van der Waals surface area contributed by atoms with Crippen molar-refractivity contribution in [3.63, 3.8) is 0 Å². The van der Waals surface area contributed by atoms with Crippen molar-refractivity contribution in [2.24, 2.45) is 0 Å². The number of nitrogens with one attached hydrogen (secondary N) is 1. The molecule has 0 atom stereocenters. The molecule has 1 aliphatic heterocycles. The fourth-order valence-corrected chi connectivity index (χ4v) is 4.24. The molecule has 7 heteroatoms. The van der Waals surface area contributed by atoms with Gasteiger partial charge in [-0.15, -0.1) is 0 Å². The van der Waals surface area contributed by atoms with Gasteiger partial charge in [0.15, 0.2) is 0 Å². The molecule has 0 unspecified atom stereocenters. The zero-order chi connectivity index (χ0) is 18.6. The molecular formula is C19H22N2O4S. The summed E-state index contributed by atoms with van der Waals surface area (Å²) in [6.07, 6.45) is 1.86. The van der Waals surface area contributed by atoms with Crippen LogP contribution in [0, 0.1) is 0 Å². The monoisotopic (exact) mass is 374 g/mol. The van der Waals surface area contributed by atoms with E-state index in [4.69, 9.17) is 4.74 Å². The van der Waals surface area contributed by atoms with E-state index < -0.39 is 10.0 Å². The van der Waals surface area contributed by atoms with Crippen LogP contribution in [-0.4, -0.2) is 34.5 Å². The summed E-state index contributed by atoms with van der Waals surface area (Å²) in [6.45, 7) is 0.883. The minimum atomic E-state index is -3.76. The summed E-state index contributed by atoms with van der Waals surface area (Å²) < 4.78 is 33.3. The number of rotatable bonds is 7. The zero-order valence-electron chi connectivity index (χ0n) is 14.6. The highest BCUT2D eigenvalue weighted by molar-refractivity contribution is 7.89. The molecule has 2 aromatic rings. The van der Waals surface area contributed by atoms with Gasteiger partial charge in [0.2, 0.25) is 15.9 Å². The van der Waals surface area contributed by atoms with Gasteiger partial charge in [-0.05, 0) is 36.6 Å². The van der Waals surface area contributed by atoms with E-state index in [-0.39, 0.29) is 23.1 Å². The fraction of sp³-hybridized carbons (Fsp3) is 0.316. The van der Waals surface area contributed by atoms with Crippen LogP contribution in [0.25, 0.3) is 0 Å². The third-order valence-corrected chi connectivity index (χ3v) is 5.85. The van der Waals surface area contributed by atoms with Gasteiger partial charge in [-0.25, -0.2) is 13.1 Å². The van der Waals surface area contributed by atoms with E-state index in [2.05, 4.69) is 4.72 Å². The maximum atomic E-state index is 12.8. The minimum absolute atomic E-state index is 0.00977. The first-order valence-electron chi connectivity index (χ1n) is 8.53. The van der Waals surface area contributed by atoms with Gasteiger partial charge in [0.25, 0.3) is 0 Å². The summed E-state index contributed by atoms with van der Waals surface area (Å²) in [6, 6.07) is 14.5. The van der Waals surface area contributed by atoms with Gasteiger partial charge in [0.1, 0.15) is 10.6 Å². The lowest BCUT2D eigenvalue weighted by Crippen LogP contribution is -2.28. The topological polar surface area (TPSA) is 75.7 Å². The molecule has 0 radical (unpaired) electrons. The minimum Gasteiger partial charge on any atom is -0.495 e. The summed E-state index contributed by atoms with van der Waals surface area (Å²) in [4.78, 5) is 13.6.